The second kappa shape index (κ2) is 7.11. The summed E-state index contributed by atoms with van der Waals surface area (Å²) in [6.45, 7) is 3.54. The van der Waals surface area contributed by atoms with Crippen LogP contribution in [0.3, 0.4) is 0 Å². The van der Waals surface area contributed by atoms with Crippen LogP contribution in [-0.2, 0) is 4.79 Å². The zero-order valence-electron chi connectivity index (χ0n) is 12.7. The molecule has 0 aromatic heterocycles. The Hall–Kier alpha value is -1.30. The molecule has 2 atom stereocenters. The molecule has 2 N–H and O–H groups in total. The first kappa shape index (κ1) is 16.1. The first-order valence-corrected chi connectivity index (χ1v) is 7.97. The highest BCUT2D eigenvalue weighted by atomic mass is 16.4. The Labute approximate surface area is 125 Å². The summed E-state index contributed by atoms with van der Waals surface area (Å²) in [5.74, 6) is -0.655. The lowest BCUT2D eigenvalue weighted by atomic mass is 9.92. The van der Waals surface area contributed by atoms with E-state index in [1.165, 1.54) is 4.90 Å². The van der Waals surface area contributed by atoms with Gasteiger partial charge in [0.25, 0.3) is 0 Å². The van der Waals surface area contributed by atoms with E-state index in [0.717, 1.165) is 32.1 Å². The van der Waals surface area contributed by atoms with Crippen molar-refractivity contribution < 1.29 is 19.8 Å². The minimum absolute atomic E-state index is 0.145. The van der Waals surface area contributed by atoms with E-state index in [1.807, 2.05) is 0 Å². The molecule has 2 rings (SSSR count). The number of hydrogen-bond donors (Lipinski definition) is 2. The third kappa shape index (κ3) is 3.87. The quantitative estimate of drug-likeness (QED) is 0.810. The van der Waals surface area contributed by atoms with E-state index in [9.17, 15) is 19.8 Å². The molecule has 0 saturated carbocycles. The van der Waals surface area contributed by atoms with E-state index in [1.54, 1.807) is 11.8 Å². The number of carboxylic acids is 1. The number of rotatable bonds is 2. The van der Waals surface area contributed by atoms with Crippen molar-refractivity contribution in [2.45, 2.75) is 57.6 Å². The van der Waals surface area contributed by atoms with Gasteiger partial charge in [0.05, 0.1) is 6.10 Å². The predicted octanol–water partition coefficient (Wildman–Crippen LogP) is 1.53. The smallest absolute Gasteiger partial charge is 0.326 e. The number of amides is 2. The van der Waals surface area contributed by atoms with Gasteiger partial charge >= 0.3 is 12.0 Å². The van der Waals surface area contributed by atoms with Gasteiger partial charge < -0.3 is 20.0 Å². The highest BCUT2D eigenvalue weighted by molar-refractivity contribution is 5.82. The van der Waals surface area contributed by atoms with Gasteiger partial charge in [0.2, 0.25) is 0 Å². The van der Waals surface area contributed by atoms with E-state index < -0.39 is 12.0 Å². The van der Waals surface area contributed by atoms with Crippen molar-refractivity contribution in [3.8, 4) is 0 Å². The van der Waals surface area contributed by atoms with E-state index in [4.69, 9.17) is 0 Å². The summed E-state index contributed by atoms with van der Waals surface area (Å²) in [6.07, 6.45) is 4.50. The normalized spacial score (nSPS) is 26.3. The zero-order chi connectivity index (χ0) is 15.4. The van der Waals surface area contributed by atoms with Crippen LogP contribution in [-0.4, -0.2) is 63.8 Å². The van der Waals surface area contributed by atoms with E-state index in [0.29, 0.717) is 26.1 Å². The summed E-state index contributed by atoms with van der Waals surface area (Å²) in [4.78, 5) is 27.3. The van der Waals surface area contributed by atoms with Crippen LogP contribution in [0.1, 0.15) is 45.4 Å². The molecule has 2 fully saturated rings. The fourth-order valence-corrected chi connectivity index (χ4v) is 3.35. The minimum Gasteiger partial charge on any atom is -0.480 e. The lowest BCUT2D eigenvalue weighted by Gasteiger charge is -2.38. The topological polar surface area (TPSA) is 81.1 Å². The van der Waals surface area contributed by atoms with Crippen LogP contribution in [0, 0.1) is 5.92 Å². The Morgan fingerprint density at radius 2 is 1.71 bits per heavy atom. The van der Waals surface area contributed by atoms with Gasteiger partial charge in [0, 0.05) is 19.6 Å². The molecule has 2 unspecified atom stereocenters. The molecular weight excluding hydrogens is 272 g/mol. The summed E-state index contributed by atoms with van der Waals surface area (Å²) in [6, 6.07) is -0.831. The van der Waals surface area contributed by atoms with Gasteiger partial charge in [-0.15, -0.1) is 0 Å². The molecule has 0 aliphatic carbocycles. The van der Waals surface area contributed by atoms with Gasteiger partial charge in [-0.2, -0.15) is 0 Å². The van der Waals surface area contributed by atoms with E-state index in [-0.39, 0.29) is 18.1 Å². The van der Waals surface area contributed by atoms with Crippen LogP contribution in [0.2, 0.25) is 0 Å². The summed E-state index contributed by atoms with van der Waals surface area (Å²) in [5, 5.41) is 19.0. The molecule has 120 valence electrons. The molecule has 0 radical (unpaired) electrons. The predicted molar refractivity (Wildman–Crippen MR) is 78.0 cm³/mol. The molecule has 2 amide bonds. The fourth-order valence-electron chi connectivity index (χ4n) is 3.35. The van der Waals surface area contributed by atoms with Crippen LogP contribution < -0.4 is 0 Å². The van der Waals surface area contributed by atoms with Crippen molar-refractivity contribution in [3.05, 3.63) is 0 Å². The lowest BCUT2D eigenvalue weighted by Crippen LogP contribution is -2.53. The highest BCUT2D eigenvalue weighted by Gasteiger charge is 2.35. The number of piperidine rings is 1. The molecule has 6 nitrogen and oxygen atoms in total. The van der Waals surface area contributed by atoms with Crippen LogP contribution in [0.15, 0.2) is 0 Å². The van der Waals surface area contributed by atoms with E-state index >= 15 is 0 Å². The van der Waals surface area contributed by atoms with Gasteiger partial charge in [-0.25, -0.2) is 9.59 Å². The number of aliphatic hydroxyl groups excluding tert-OH is 1. The van der Waals surface area contributed by atoms with Crippen LogP contribution >= 0.6 is 0 Å². The monoisotopic (exact) mass is 298 g/mol. The van der Waals surface area contributed by atoms with Crippen LogP contribution in [0.25, 0.3) is 0 Å². The van der Waals surface area contributed by atoms with Crippen molar-refractivity contribution in [2.24, 2.45) is 5.92 Å². The second-order valence-electron chi connectivity index (χ2n) is 6.24. The summed E-state index contributed by atoms with van der Waals surface area (Å²) < 4.78 is 0. The van der Waals surface area contributed by atoms with Gasteiger partial charge in [-0.1, -0.05) is 12.8 Å². The average Bonchev–Trinajstić information content (AvgIpc) is 2.72. The maximum Gasteiger partial charge on any atom is 0.326 e. The van der Waals surface area contributed by atoms with Crippen molar-refractivity contribution in [1.29, 1.82) is 0 Å². The number of hydrogen-bond acceptors (Lipinski definition) is 3. The fraction of sp³-hybridized carbons (Fsp3) is 0.867. The summed E-state index contributed by atoms with van der Waals surface area (Å²) in [7, 11) is 0. The molecule has 0 bridgehead atoms. The van der Waals surface area contributed by atoms with Gasteiger partial charge in [0.1, 0.15) is 6.04 Å². The molecular formula is C15H26N2O4. The molecule has 2 aliphatic rings. The average molecular weight is 298 g/mol. The summed E-state index contributed by atoms with van der Waals surface area (Å²) in [5.41, 5.74) is 0. The molecule has 2 aliphatic heterocycles. The first-order valence-electron chi connectivity index (χ1n) is 7.97. The van der Waals surface area contributed by atoms with E-state index in [2.05, 4.69) is 0 Å². The molecule has 6 heteroatoms. The van der Waals surface area contributed by atoms with Crippen molar-refractivity contribution in [1.82, 2.24) is 9.80 Å². The standard InChI is InChI=1S/C15H26N2O4/c1-11(18)12-6-9-16(10-7-12)15(21)17-8-4-2-3-5-13(17)14(19)20/h11-13,18H,2-10H2,1H3,(H,19,20). The largest absolute Gasteiger partial charge is 0.480 e. The Kier molecular flexibility index (Phi) is 5.45. The van der Waals surface area contributed by atoms with Crippen molar-refractivity contribution in [2.75, 3.05) is 19.6 Å². The third-order valence-corrected chi connectivity index (χ3v) is 4.78. The molecule has 0 spiro atoms. The number of urea groups is 1. The molecule has 2 saturated heterocycles. The number of likely N-dealkylation sites (tertiary alicyclic amines) is 2. The Bertz CT molecular complexity index is 378. The molecule has 2 heterocycles. The maximum atomic E-state index is 12.6. The number of carboxylic acid groups (broad SMARTS) is 1. The zero-order valence-corrected chi connectivity index (χ0v) is 12.7. The van der Waals surface area contributed by atoms with Gasteiger partial charge in [-0.3, -0.25) is 0 Å². The molecule has 21 heavy (non-hydrogen) atoms. The number of carbonyl (C=O) groups excluding carboxylic acids is 1. The SMILES string of the molecule is CC(O)C1CCN(C(=O)N2CCCCCC2C(=O)O)CC1. The Balaban J connectivity index is 1.99. The van der Waals surface area contributed by atoms with Crippen LogP contribution in [0.5, 0.6) is 0 Å². The summed E-state index contributed by atoms with van der Waals surface area (Å²) >= 11 is 0. The van der Waals surface area contributed by atoms with Crippen molar-refractivity contribution in [3.63, 3.8) is 0 Å². The number of carbonyl (C=O) groups is 2. The third-order valence-electron chi connectivity index (χ3n) is 4.78. The minimum atomic E-state index is -0.899. The van der Waals surface area contributed by atoms with Crippen molar-refractivity contribution >= 4 is 12.0 Å². The Morgan fingerprint density at radius 1 is 1.05 bits per heavy atom. The molecule has 0 aromatic rings. The van der Waals surface area contributed by atoms with Gasteiger partial charge in [-0.05, 0) is 38.5 Å². The van der Waals surface area contributed by atoms with Crippen LogP contribution in [0.4, 0.5) is 4.79 Å². The maximum absolute atomic E-state index is 12.6. The molecule has 0 aromatic carbocycles. The number of nitrogens with zero attached hydrogens (tertiary/aromatic N) is 2. The lowest BCUT2D eigenvalue weighted by molar-refractivity contribution is -0.142. The van der Waals surface area contributed by atoms with Gasteiger partial charge in [0.15, 0.2) is 0 Å². The highest BCUT2D eigenvalue weighted by Crippen LogP contribution is 2.24. The number of aliphatic hydroxyl groups is 1. The number of aliphatic carboxylic acids is 1. The first-order chi connectivity index (χ1) is 10.0. The second-order valence-corrected chi connectivity index (χ2v) is 6.24. The Morgan fingerprint density at radius 3 is 2.29 bits per heavy atom.